The van der Waals surface area contributed by atoms with Gasteiger partial charge in [-0.15, -0.1) is 11.3 Å². The number of esters is 1. The van der Waals surface area contributed by atoms with Gasteiger partial charge in [0.15, 0.2) is 0 Å². The minimum absolute atomic E-state index is 0.0817. The molecule has 0 saturated carbocycles. The third-order valence-corrected chi connectivity index (χ3v) is 6.99. The minimum Gasteiger partial charge on any atom is -0.460 e. The van der Waals surface area contributed by atoms with Crippen molar-refractivity contribution >= 4 is 51.5 Å². The zero-order valence-electron chi connectivity index (χ0n) is 17.3. The summed E-state index contributed by atoms with van der Waals surface area (Å²) in [7, 11) is -1.33. The number of ether oxygens (including phenoxy) is 1. The highest BCUT2D eigenvalue weighted by molar-refractivity contribution is 7.84. The molecule has 2 rings (SSSR count). The molecule has 1 N–H and O–H groups in total. The van der Waals surface area contributed by atoms with Crippen molar-refractivity contribution in [1.82, 2.24) is 9.71 Å². The van der Waals surface area contributed by atoms with Crippen molar-refractivity contribution in [3.8, 4) is 0 Å². The van der Waals surface area contributed by atoms with Gasteiger partial charge in [-0.05, 0) is 59.2 Å². The fraction of sp³-hybridized carbons (Fsp3) is 0.500. The standard InChI is InChI=1S/C20H26Cl2N2O3S2/c1-19(2,3)27-17(25)10-16-23-11-15(28-16)18(24-29(26)20(4,5)6)12-7-8-13(21)14(22)9-12/h7-9,11,18,24H,10H2,1-6H3/t18?,29-/m1/s1. The summed E-state index contributed by atoms with van der Waals surface area (Å²) in [6.07, 6.45) is 1.77. The van der Waals surface area contributed by atoms with Crippen LogP contribution in [0.4, 0.5) is 0 Å². The van der Waals surface area contributed by atoms with Gasteiger partial charge in [-0.2, -0.15) is 0 Å². The Balaban J connectivity index is 2.32. The first-order chi connectivity index (χ1) is 13.3. The van der Waals surface area contributed by atoms with Crippen LogP contribution < -0.4 is 4.72 Å². The van der Waals surface area contributed by atoms with Crippen molar-refractivity contribution in [2.75, 3.05) is 0 Å². The Morgan fingerprint density at radius 3 is 2.41 bits per heavy atom. The Kier molecular flexibility index (Phi) is 7.90. The van der Waals surface area contributed by atoms with Crippen LogP contribution in [-0.4, -0.2) is 25.5 Å². The second kappa shape index (κ2) is 9.43. The second-order valence-corrected chi connectivity index (χ2v) is 12.5. The Hall–Kier alpha value is -0.990. The summed E-state index contributed by atoms with van der Waals surface area (Å²) in [5, 5.41) is 1.49. The number of carbonyl (C=O) groups is 1. The molecule has 9 heteroatoms. The third-order valence-electron chi connectivity index (χ3n) is 3.63. The fourth-order valence-corrected chi connectivity index (χ4v) is 4.50. The number of benzene rings is 1. The van der Waals surface area contributed by atoms with Crippen molar-refractivity contribution in [2.24, 2.45) is 0 Å². The molecule has 2 atom stereocenters. The number of hydrogen-bond acceptors (Lipinski definition) is 5. The molecule has 0 saturated heterocycles. The molecule has 0 fully saturated rings. The quantitative estimate of drug-likeness (QED) is 0.560. The first-order valence-electron chi connectivity index (χ1n) is 9.06. The van der Waals surface area contributed by atoms with Crippen molar-refractivity contribution in [3.63, 3.8) is 0 Å². The first-order valence-corrected chi connectivity index (χ1v) is 11.8. The zero-order chi connectivity index (χ0) is 22.0. The molecule has 1 aromatic heterocycles. The molecule has 0 aliphatic rings. The maximum atomic E-state index is 12.8. The molecule has 1 unspecified atom stereocenters. The Morgan fingerprint density at radius 2 is 1.86 bits per heavy atom. The summed E-state index contributed by atoms with van der Waals surface area (Å²) < 4.78 is 20.8. The van der Waals surface area contributed by atoms with Gasteiger partial charge in [0.1, 0.15) is 10.6 Å². The summed E-state index contributed by atoms with van der Waals surface area (Å²) in [6.45, 7) is 11.1. The van der Waals surface area contributed by atoms with Gasteiger partial charge in [0, 0.05) is 11.1 Å². The molecule has 0 radical (unpaired) electrons. The van der Waals surface area contributed by atoms with Crippen molar-refractivity contribution in [3.05, 3.63) is 49.9 Å². The van der Waals surface area contributed by atoms with Gasteiger partial charge in [-0.3, -0.25) is 4.79 Å². The van der Waals surface area contributed by atoms with Crippen LogP contribution in [0.1, 0.15) is 63.0 Å². The molecule has 0 aliphatic heterocycles. The van der Waals surface area contributed by atoms with E-state index >= 15 is 0 Å². The first kappa shape index (κ1) is 24.3. The van der Waals surface area contributed by atoms with Crippen molar-refractivity contribution in [1.29, 1.82) is 0 Å². The van der Waals surface area contributed by atoms with Crippen LogP contribution in [0.5, 0.6) is 0 Å². The molecular formula is C20H26Cl2N2O3S2. The molecule has 1 heterocycles. The van der Waals surface area contributed by atoms with E-state index in [0.29, 0.717) is 15.1 Å². The van der Waals surface area contributed by atoms with Gasteiger partial charge in [-0.1, -0.05) is 29.3 Å². The van der Waals surface area contributed by atoms with Crippen LogP contribution in [0, 0.1) is 0 Å². The van der Waals surface area contributed by atoms with Crippen LogP contribution in [-0.2, 0) is 26.9 Å². The van der Waals surface area contributed by atoms with Gasteiger partial charge in [0.25, 0.3) is 0 Å². The highest BCUT2D eigenvalue weighted by Crippen LogP contribution is 2.32. The van der Waals surface area contributed by atoms with E-state index < -0.39 is 27.4 Å². The Morgan fingerprint density at radius 1 is 1.21 bits per heavy atom. The van der Waals surface area contributed by atoms with E-state index in [1.54, 1.807) is 18.3 Å². The molecule has 1 aromatic carbocycles. The third kappa shape index (κ3) is 7.33. The molecule has 0 spiro atoms. The summed E-state index contributed by atoms with van der Waals surface area (Å²) in [6, 6.07) is 4.87. The molecule has 0 amide bonds. The fourth-order valence-electron chi connectivity index (χ4n) is 2.31. The van der Waals surface area contributed by atoms with E-state index in [2.05, 4.69) is 9.71 Å². The van der Waals surface area contributed by atoms with Crippen LogP contribution in [0.2, 0.25) is 10.0 Å². The Bertz CT molecular complexity index is 902. The van der Waals surface area contributed by atoms with Gasteiger partial charge in [0.05, 0.1) is 38.2 Å². The summed E-state index contributed by atoms with van der Waals surface area (Å²) in [4.78, 5) is 17.3. The molecule has 0 aliphatic carbocycles. The van der Waals surface area contributed by atoms with E-state index in [0.717, 1.165) is 10.4 Å². The van der Waals surface area contributed by atoms with Crippen molar-refractivity contribution < 1.29 is 13.7 Å². The second-order valence-electron chi connectivity index (χ2n) is 8.53. The zero-order valence-corrected chi connectivity index (χ0v) is 20.5. The molecule has 2 aromatic rings. The molecule has 160 valence electrons. The number of halogens is 2. The molecule has 29 heavy (non-hydrogen) atoms. The highest BCUT2D eigenvalue weighted by atomic mass is 35.5. The average molecular weight is 477 g/mol. The monoisotopic (exact) mass is 476 g/mol. The largest absolute Gasteiger partial charge is 0.460 e. The maximum Gasteiger partial charge on any atom is 0.313 e. The summed E-state index contributed by atoms with van der Waals surface area (Å²) in [5.41, 5.74) is 0.259. The lowest BCUT2D eigenvalue weighted by molar-refractivity contribution is -0.153. The predicted octanol–water partition coefficient (Wildman–Crippen LogP) is 5.48. The average Bonchev–Trinajstić information content (AvgIpc) is 3.00. The smallest absolute Gasteiger partial charge is 0.313 e. The maximum absolute atomic E-state index is 12.8. The van der Waals surface area contributed by atoms with Gasteiger partial charge >= 0.3 is 5.97 Å². The normalized spacial score (nSPS) is 14.5. The van der Waals surface area contributed by atoms with E-state index in [9.17, 15) is 9.00 Å². The van der Waals surface area contributed by atoms with E-state index in [-0.39, 0.29) is 12.4 Å². The highest BCUT2D eigenvalue weighted by Gasteiger charge is 2.27. The number of thiazole rings is 1. The van der Waals surface area contributed by atoms with Crippen LogP contribution in [0.15, 0.2) is 24.4 Å². The van der Waals surface area contributed by atoms with E-state index in [4.69, 9.17) is 27.9 Å². The topological polar surface area (TPSA) is 68.3 Å². The van der Waals surface area contributed by atoms with Crippen LogP contribution >= 0.6 is 34.5 Å². The number of nitrogens with one attached hydrogen (secondary N) is 1. The van der Waals surface area contributed by atoms with Gasteiger partial charge < -0.3 is 4.74 Å². The summed E-state index contributed by atoms with van der Waals surface area (Å²) in [5.74, 6) is -0.337. The lowest BCUT2D eigenvalue weighted by Gasteiger charge is -2.24. The molecule has 0 bridgehead atoms. The van der Waals surface area contributed by atoms with E-state index in [1.165, 1.54) is 11.3 Å². The Labute approximate surface area is 188 Å². The van der Waals surface area contributed by atoms with Gasteiger partial charge in [0.2, 0.25) is 0 Å². The predicted molar refractivity (Wildman–Crippen MR) is 121 cm³/mol. The lowest BCUT2D eigenvalue weighted by Crippen LogP contribution is -2.36. The number of hydrogen-bond donors (Lipinski definition) is 1. The SMILES string of the molecule is CC(C)(C)OC(=O)Cc1ncc(C(N[S@](=O)C(C)(C)C)c2ccc(Cl)c(Cl)c2)s1. The minimum atomic E-state index is -1.33. The lowest BCUT2D eigenvalue weighted by atomic mass is 10.1. The molecule has 5 nitrogen and oxygen atoms in total. The number of carbonyl (C=O) groups excluding carboxylic acids is 1. The number of nitrogens with zero attached hydrogens (tertiary/aromatic N) is 1. The van der Waals surface area contributed by atoms with Crippen molar-refractivity contribution in [2.45, 2.75) is 64.4 Å². The number of aromatic nitrogens is 1. The van der Waals surface area contributed by atoms with Crippen LogP contribution in [0.3, 0.4) is 0 Å². The van der Waals surface area contributed by atoms with E-state index in [1.807, 2.05) is 47.6 Å². The number of rotatable bonds is 6. The molecular weight excluding hydrogens is 451 g/mol. The van der Waals surface area contributed by atoms with Crippen LogP contribution in [0.25, 0.3) is 0 Å². The summed E-state index contributed by atoms with van der Waals surface area (Å²) >= 11 is 13.6. The van der Waals surface area contributed by atoms with Gasteiger partial charge in [-0.25, -0.2) is 13.9 Å².